The van der Waals surface area contributed by atoms with Crippen LogP contribution in [0.4, 0.5) is 0 Å². The highest BCUT2D eigenvalue weighted by Crippen LogP contribution is 2.19. The van der Waals surface area contributed by atoms with E-state index >= 15 is 0 Å². The fourth-order valence-corrected chi connectivity index (χ4v) is 2.58. The van der Waals surface area contributed by atoms with Crippen molar-refractivity contribution >= 4 is 5.91 Å². The molecule has 1 aromatic rings. The average Bonchev–Trinajstić information content (AvgIpc) is 2.96. The van der Waals surface area contributed by atoms with Crippen LogP contribution >= 0.6 is 0 Å². The first-order valence-electron chi connectivity index (χ1n) is 7.26. The van der Waals surface area contributed by atoms with Gasteiger partial charge < -0.3 is 15.2 Å². The van der Waals surface area contributed by atoms with Crippen LogP contribution < -0.4 is 10.6 Å². The molecule has 1 saturated heterocycles. The summed E-state index contributed by atoms with van der Waals surface area (Å²) in [4.78, 5) is 16.0. The second kappa shape index (κ2) is 7.28. The Balaban J connectivity index is 1.63. The van der Waals surface area contributed by atoms with E-state index in [1.54, 1.807) is 12.5 Å². The van der Waals surface area contributed by atoms with E-state index in [0.29, 0.717) is 5.92 Å². The largest absolute Gasteiger partial charge is 0.355 e. The van der Waals surface area contributed by atoms with Crippen molar-refractivity contribution < 1.29 is 4.79 Å². The Bertz CT molecular complexity index is 377. The summed E-state index contributed by atoms with van der Waals surface area (Å²) in [5.41, 5.74) is 0. The van der Waals surface area contributed by atoms with Gasteiger partial charge in [0.05, 0.1) is 12.4 Å². The number of piperidine rings is 1. The number of imidazole rings is 1. The van der Waals surface area contributed by atoms with E-state index in [2.05, 4.69) is 22.5 Å². The maximum Gasteiger partial charge on any atom is 0.237 e. The van der Waals surface area contributed by atoms with Gasteiger partial charge in [0.2, 0.25) is 5.91 Å². The number of carbonyl (C=O) groups excluding carboxylic acids is 1. The molecule has 106 valence electrons. The first kappa shape index (κ1) is 14.1. The summed E-state index contributed by atoms with van der Waals surface area (Å²) in [6.45, 7) is 4.80. The fraction of sp³-hybridized carbons (Fsp3) is 0.714. The Labute approximate surface area is 114 Å². The monoisotopic (exact) mass is 264 g/mol. The number of aryl methyl sites for hydroxylation is 1. The maximum atomic E-state index is 12.0. The molecule has 0 spiro atoms. The molecule has 2 atom stereocenters. The highest BCUT2D eigenvalue weighted by molar-refractivity contribution is 5.81. The molecule has 2 heterocycles. The standard InChI is InChI=1S/C14H24N4O/c1-2-12-4-6-16-13(10-12)14(19)17-5-3-8-18-9-7-15-11-18/h7,9,11-13,16H,2-6,8,10H2,1H3,(H,17,19). The summed E-state index contributed by atoms with van der Waals surface area (Å²) in [7, 11) is 0. The molecule has 0 saturated carbocycles. The molecule has 1 aromatic heterocycles. The van der Waals surface area contributed by atoms with Gasteiger partial charge in [-0.2, -0.15) is 0 Å². The van der Waals surface area contributed by atoms with E-state index in [1.807, 2.05) is 10.8 Å². The van der Waals surface area contributed by atoms with Gasteiger partial charge in [-0.05, 0) is 31.7 Å². The van der Waals surface area contributed by atoms with Gasteiger partial charge in [-0.25, -0.2) is 4.98 Å². The fourth-order valence-electron chi connectivity index (χ4n) is 2.58. The van der Waals surface area contributed by atoms with Gasteiger partial charge in [0.15, 0.2) is 0 Å². The normalized spacial score (nSPS) is 23.2. The maximum absolute atomic E-state index is 12.0. The van der Waals surface area contributed by atoms with Crippen LogP contribution in [0.2, 0.25) is 0 Å². The first-order valence-corrected chi connectivity index (χ1v) is 7.26. The summed E-state index contributed by atoms with van der Waals surface area (Å²) in [5.74, 6) is 0.853. The number of amides is 1. The predicted molar refractivity (Wildman–Crippen MR) is 74.7 cm³/mol. The number of aromatic nitrogens is 2. The minimum Gasteiger partial charge on any atom is -0.355 e. The van der Waals surface area contributed by atoms with E-state index in [0.717, 1.165) is 32.5 Å². The zero-order chi connectivity index (χ0) is 13.5. The second-order valence-corrected chi connectivity index (χ2v) is 5.25. The number of nitrogens with one attached hydrogen (secondary N) is 2. The lowest BCUT2D eigenvalue weighted by Crippen LogP contribution is -2.48. The number of rotatable bonds is 6. The predicted octanol–water partition coefficient (Wildman–Crippen LogP) is 1.17. The van der Waals surface area contributed by atoms with Crippen molar-refractivity contribution in [1.82, 2.24) is 20.2 Å². The highest BCUT2D eigenvalue weighted by atomic mass is 16.2. The number of nitrogens with zero attached hydrogens (tertiary/aromatic N) is 2. The number of hydrogen-bond acceptors (Lipinski definition) is 3. The lowest BCUT2D eigenvalue weighted by Gasteiger charge is -2.28. The van der Waals surface area contributed by atoms with Crippen molar-refractivity contribution in [2.45, 2.75) is 45.2 Å². The zero-order valence-corrected chi connectivity index (χ0v) is 11.6. The summed E-state index contributed by atoms with van der Waals surface area (Å²) in [6.07, 6.45) is 9.80. The number of hydrogen-bond donors (Lipinski definition) is 2. The molecule has 1 aliphatic heterocycles. The molecule has 0 radical (unpaired) electrons. The summed E-state index contributed by atoms with van der Waals surface area (Å²) < 4.78 is 2.03. The van der Waals surface area contributed by atoms with Crippen molar-refractivity contribution in [3.63, 3.8) is 0 Å². The molecule has 0 aromatic carbocycles. The number of carbonyl (C=O) groups is 1. The van der Waals surface area contributed by atoms with Crippen LogP contribution in [0, 0.1) is 5.92 Å². The summed E-state index contributed by atoms with van der Waals surface area (Å²) in [5, 5.41) is 6.33. The van der Waals surface area contributed by atoms with Crippen LogP contribution in [0.1, 0.15) is 32.6 Å². The third kappa shape index (κ3) is 4.35. The summed E-state index contributed by atoms with van der Waals surface area (Å²) in [6, 6.07) is 0.00643. The molecule has 0 aliphatic carbocycles. The summed E-state index contributed by atoms with van der Waals surface area (Å²) >= 11 is 0. The Morgan fingerprint density at radius 2 is 2.47 bits per heavy atom. The topological polar surface area (TPSA) is 59.0 Å². The Hall–Kier alpha value is -1.36. The lowest BCUT2D eigenvalue weighted by atomic mass is 9.90. The Morgan fingerprint density at radius 3 is 3.21 bits per heavy atom. The quantitative estimate of drug-likeness (QED) is 0.758. The second-order valence-electron chi connectivity index (χ2n) is 5.25. The molecule has 2 unspecified atom stereocenters. The van der Waals surface area contributed by atoms with E-state index in [4.69, 9.17) is 0 Å². The van der Waals surface area contributed by atoms with Gasteiger partial charge in [-0.1, -0.05) is 13.3 Å². The zero-order valence-electron chi connectivity index (χ0n) is 11.6. The van der Waals surface area contributed by atoms with E-state index in [1.165, 1.54) is 12.8 Å². The van der Waals surface area contributed by atoms with Crippen LogP contribution in [0.25, 0.3) is 0 Å². The van der Waals surface area contributed by atoms with Crippen LogP contribution in [-0.4, -0.2) is 34.6 Å². The molecule has 19 heavy (non-hydrogen) atoms. The van der Waals surface area contributed by atoms with Crippen molar-refractivity contribution in [2.75, 3.05) is 13.1 Å². The van der Waals surface area contributed by atoms with E-state index in [-0.39, 0.29) is 11.9 Å². The Kier molecular flexibility index (Phi) is 5.39. The molecule has 2 N–H and O–H groups in total. The van der Waals surface area contributed by atoms with Gasteiger partial charge in [-0.15, -0.1) is 0 Å². The van der Waals surface area contributed by atoms with Gasteiger partial charge in [-0.3, -0.25) is 4.79 Å². The van der Waals surface area contributed by atoms with Gasteiger partial charge in [0.25, 0.3) is 0 Å². The molecule has 5 heteroatoms. The Morgan fingerprint density at radius 1 is 1.58 bits per heavy atom. The third-order valence-electron chi connectivity index (χ3n) is 3.86. The minimum absolute atomic E-state index is 0.00643. The van der Waals surface area contributed by atoms with Crippen LogP contribution in [0.5, 0.6) is 0 Å². The first-order chi connectivity index (χ1) is 9.29. The lowest BCUT2D eigenvalue weighted by molar-refractivity contribution is -0.124. The van der Waals surface area contributed by atoms with Crippen molar-refractivity contribution in [3.8, 4) is 0 Å². The average molecular weight is 264 g/mol. The van der Waals surface area contributed by atoms with Crippen molar-refractivity contribution in [1.29, 1.82) is 0 Å². The van der Waals surface area contributed by atoms with Crippen LogP contribution in [0.3, 0.4) is 0 Å². The smallest absolute Gasteiger partial charge is 0.237 e. The molecule has 1 aliphatic rings. The molecule has 2 rings (SSSR count). The molecular formula is C14H24N4O. The van der Waals surface area contributed by atoms with Crippen LogP contribution in [0.15, 0.2) is 18.7 Å². The van der Waals surface area contributed by atoms with E-state index < -0.39 is 0 Å². The molecule has 1 amide bonds. The van der Waals surface area contributed by atoms with Gasteiger partial charge >= 0.3 is 0 Å². The molecular weight excluding hydrogens is 240 g/mol. The minimum atomic E-state index is 0.00643. The van der Waals surface area contributed by atoms with Crippen LogP contribution in [-0.2, 0) is 11.3 Å². The highest BCUT2D eigenvalue weighted by Gasteiger charge is 2.25. The third-order valence-corrected chi connectivity index (χ3v) is 3.86. The van der Waals surface area contributed by atoms with Gasteiger partial charge in [0.1, 0.15) is 0 Å². The van der Waals surface area contributed by atoms with Crippen molar-refractivity contribution in [2.24, 2.45) is 5.92 Å². The molecule has 5 nitrogen and oxygen atoms in total. The SMILES string of the molecule is CCC1CCNC(C(=O)NCCCn2ccnc2)C1. The van der Waals surface area contributed by atoms with Gasteiger partial charge in [0, 0.05) is 25.5 Å². The molecule has 0 bridgehead atoms. The molecule has 1 fully saturated rings. The van der Waals surface area contributed by atoms with E-state index in [9.17, 15) is 4.79 Å². The van der Waals surface area contributed by atoms with Crippen molar-refractivity contribution in [3.05, 3.63) is 18.7 Å².